The number of rotatable bonds is 3. The molecule has 19 heavy (non-hydrogen) atoms. The fraction of sp³-hybridized carbons (Fsp3) is 0.188. The molecule has 3 aromatic rings. The zero-order valence-electron chi connectivity index (χ0n) is 10.9. The molecule has 0 saturated heterocycles. The topological polar surface area (TPSA) is 43.4 Å². The molecule has 0 radical (unpaired) electrons. The van der Waals surface area contributed by atoms with Crippen molar-refractivity contribution in [3.8, 4) is 0 Å². The van der Waals surface area contributed by atoms with Crippen molar-refractivity contribution in [1.82, 2.24) is 0 Å². The smallest absolute Gasteiger partial charge is 0.232 e. The minimum absolute atomic E-state index is 0.116. The first kappa shape index (κ1) is 11.8. The molecule has 0 N–H and O–H groups in total. The molecule has 3 heteroatoms. The van der Waals surface area contributed by atoms with Gasteiger partial charge in [0.15, 0.2) is 5.76 Å². The summed E-state index contributed by atoms with van der Waals surface area (Å²) in [5.41, 5.74) is 1.36. The largest absolute Gasteiger partial charge is 0.460 e. The summed E-state index contributed by atoms with van der Waals surface area (Å²) in [5.74, 6) is 1.68. The SMILES string of the molecule is CCc1oc2ccccc2c1C(=O)c1ccc(C)o1. The first-order valence-electron chi connectivity index (χ1n) is 6.32. The van der Waals surface area contributed by atoms with Crippen LogP contribution >= 0.6 is 0 Å². The zero-order chi connectivity index (χ0) is 13.4. The molecule has 0 bridgehead atoms. The molecule has 0 aliphatic heterocycles. The Morgan fingerprint density at radius 2 is 1.89 bits per heavy atom. The first-order valence-corrected chi connectivity index (χ1v) is 6.32. The van der Waals surface area contributed by atoms with Gasteiger partial charge in [-0.2, -0.15) is 0 Å². The summed E-state index contributed by atoms with van der Waals surface area (Å²) in [4.78, 5) is 12.6. The predicted molar refractivity (Wildman–Crippen MR) is 72.5 cm³/mol. The Bertz CT molecular complexity index is 746. The van der Waals surface area contributed by atoms with Crippen LogP contribution in [0.4, 0.5) is 0 Å². The fourth-order valence-corrected chi connectivity index (χ4v) is 2.27. The van der Waals surface area contributed by atoms with Crippen molar-refractivity contribution in [2.45, 2.75) is 20.3 Å². The van der Waals surface area contributed by atoms with Crippen LogP contribution in [0.5, 0.6) is 0 Å². The van der Waals surface area contributed by atoms with Gasteiger partial charge in [0, 0.05) is 11.8 Å². The number of carbonyl (C=O) groups is 1. The summed E-state index contributed by atoms with van der Waals surface area (Å²) in [6.07, 6.45) is 0.676. The molecule has 0 amide bonds. The molecule has 0 fully saturated rings. The van der Waals surface area contributed by atoms with E-state index in [2.05, 4.69) is 0 Å². The number of benzene rings is 1. The second kappa shape index (κ2) is 4.43. The summed E-state index contributed by atoms with van der Waals surface area (Å²) >= 11 is 0. The number of ketones is 1. The molecule has 96 valence electrons. The lowest BCUT2D eigenvalue weighted by Crippen LogP contribution is -2.01. The van der Waals surface area contributed by atoms with Gasteiger partial charge in [-0.15, -0.1) is 0 Å². The van der Waals surface area contributed by atoms with Gasteiger partial charge in [0.2, 0.25) is 5.78 Å². The number of hydrogen-bond acceptors (Lipinski definition) is 3. The predicted octanol–water partition coefficient (Wildman–Crippen LogP) is 4.13. The lowest BCUT2D eigenvalue weighted by atomic mass is 10.0. The number of carbonyl (C=O) groups excluding carboxylic acids is 1. The summed E-state index contributed by atoms with van der Waals surface area (Å²) in [5, 5.41) is 0.846. The van der Waals surface area contributed by atoms with Crippen LogP contribution in [-0.4, -0.2) is 5.78 Å². The van der Waals surface area contributed by atoms with Crippen LogP contribution in [0.2, 0.25) is 0 Å². The number of fused-ring (bicyclic) bond motifs is 1. The average Bonchev–Trinajstić information content (AvgIpc) is 3.01. The molecule has 0 aliphatic rings. The third kappa shape index (κ3) is 1.87. The maximum absolute atomic E-state index is 12.6. The van der Waals surface area contributed by atoms with Gasteiger partial charge >= 0.3 is 0 Å². The standard InChI is InChI=1S/C16H14O3/c1-3-12-15(11-6-4-5-7-13(11)19-12)16(17)14-9-8-10(2)18-14/h4-9H,3H2,1-2H3. The highest BCUT2D eigenvalue weighted by Gasteiger charge is 2.22. The Morgan fingerprint density at radius 3 is 2.58 bits per heavy atom. The quantitative estimate of drug-likeness (QED) is 0.660. The maximum Gasteiger partial charge on any atom is 0.232 e. The maximum atomic E-state index is 12.6. The number of hydrogen-bond donors (Lipinski definition) is 0. The summed E-state index contributed by atoms with van der Waals surface area (Å²) < 4.78 is 11.2. The van der Waals surface area contributed by atoms with Crippen molar-refractivity contribution in [2.75, 3.05) is 0 Å². The molecular weight excluding hydrogens is 240 g/mol. The highest BCUT2D eigenvalue weighted by atomic mass is 16.4. The van der Waals surface area contributed by atoms with Crippen LogP contribution in [0.15, 0.2) is 45.2 Å². The number of para-hydroxylation sites is 1. The second-order valence-corrected chi connectivity index (χ2v) is 4.49. The normalized spacial score (nSPS) is 11.1. The summed E-state index contributed by atoms with van der Waals surface area (Å²) in [6.45, 7) is 3.80. The third-order valence-corrected chi connectivity index (χ3v) is 3.18. The van der Waals surface area contributed by atoms with Crippen LogP contribution in [0.3, 0.4) is 0 Å². The van der Waals surface area contributed by atoms with Crippen molar-refractivity contribution in [3.05, 3.63) is 59.2 Å². The lowest BCUT2D eigenvalue weighted by molar-refractivity contribution is 0.101. The van der Waals surface area contributed by atoms with E-state index in [0.29, 0.717) is 23.5 Å². The van der Waals surface area contributed by atoms with Crippen molar-refractivity contribution < 1.29 is 13.6 Å². The van der Waals surface area contributed by atoms with Gasteiger partial charge in [-0.25, -0.2) is 0 Å². The van der Waals surface area contributed by atoms with E-state index in [9.17, 15) is 4.79 Å². The van der Waals surface area contributed by atoms with Gasteiger partial charge in [-0.05, 0) is 25.1 Å². The Balaban J connectivity index is 2.21. The molecule has 0 unspecified atom stereocenters. The van der Waals surface area contributed by atoms with E-state index in [1.807, 2.05) is 38.1 Å². The van der Waals surface area contributed by atoms with Crippen LogP contribution in [0.1, 0.15) is 34.6 Å². The first-order chi connectivity index (χ1) is 9.20. The molecule has 0 saturated carbocycles. The van der Waals surface area contributed by atoms with Crippen LogP contribution in [0.25, 0.3) is 11.0 Å². The van der Waals surface area contributed by atoms with Gasteiger partial charge in [0.1, 0.15) is 17.1 Å². The molecule has 0 spiro atoms. The van der Waals surface area contributed by atoms with Gasteiger partial charge in [0.05, 0.1) is 5.56 Å². The van der Waals surface area contributed by atoms with Crippen LogP contribution < -0.4 is 0 Å². The van der Waals surface area contributed by atoms with Gasteiger partial charge < -0.3 is 8.83 Å². The summed E-state index contributed by atoms with van der Waals surface area (Å²) in [7, 11) is 0. The highest BCUT2D eigenvalue weighted by Crippen LogP contribution is 2.28. The third-order valence-electron chi connectivity index (χ3n) is 3.18. The van der Waals surface area contributed by atoms with E-state index in [-0.39, 0.29) is 5.78 Å². The molecule has 0 atom stereocenters. The molecule has 0 aliphatic carbocycles. The zero-order valence-corrected chi connectivity index (χ0v) is 10.9. The molecule has 3 rings (SSSR count). The van der Waals surface area contributed by atoms with E-state index < -0.39 is 0 Å². The van der Waals surface area contributed by atoms with E-state index in [0.717, 1.165) is 16.7 Å². The number of aryl methyl sites for hydroxylation is 2. The molecule has 2 aromatic heterocycles. The van der Waals surface area contributed by atoms with Crippen molar-refractivity contribution >= 4 is 16.8 Å². The monoisotopic (exact) mass is 254 g/mol. The molecular formula is C16H14O3. The van der Waals surface area contributed by atoms with Gasteiger partial charge in [0.25, 0.3) is 0 Å². The Hall–Kier alpha value is -2.29. The van der Waals surface area contributed by atoms with Crippen LogP contribution in [0, 0.1) is 6.92 Å². The molecule has 1 aromatic carbocycles. The summed E-state index contributed by atoms with van der Waals surface area (Å²) in [6, 6.07) is 11.1. The minimum Gasteiger partial charge on any atom is -0.460 e. The average molecular weight is 254 g/mol. The van der Waals surface area contributed by atoms with Crippen molar-refractivity contribution in [1.29, 1.82) is 0 Å². The minimum atomic E-state index is -0.116. The highest BCUT2D eigenvalue weighted by molar-refractivity contribution is 6.15. The molecule has 3 nitrogen and oxygen atoms in total. The molecule has 2 heterocycles. The van der Waals surface area contributed by atoms with Crippen molar-refractivity contribution in [2.24, 2.45) is 0 Å². The van der Waals surface area contributed by atoms with Gasteiger partial charge in [-0.1, -0.05) is 25.1 Å². The lowest BCUT2D eigenvalue weighted by Gasteiger charge is -1.98. The van der Waals surface area contributed by atoms with E-state index >= 15 is 0 Å². The second-order valence-electron chi connectivity index (χ2n) is 4.49. The van der Waals surface area contributed by atoms with Gasteiger partial charge in [-0.3, -0.25) is 4.79 Å². The Labute approximate surface area is 110 Å². The van der Waals surface area contributed by atoms with E-state index in [1.54, 1.807) is 12.1 Å². The number of furan rings is 2. The van der Waals surface area contributed by atoms with E-state index in [4.69, 9.17) is 8.83 Å². The Kier molecular flexibility index (Phi) is 2.75. The van der Waals surface area contributed by atoms with Crippen LogP contribution in [-0.2, 0) is 6.42 Å². The van der Waals surface area contributed by atoms with Crippen molar-refractivity contribution in [3.63, 3.8) is 0 Å². The van der Waals surface area contributed by atoms with E-state index in [1.165, 1.54) is 0 Å². The Morgan fingerprint density at radius 1 is 1.11 bits per heavy atom. The fourth-order valence-electron chi connectivity index (χ4n) is 2.27.